The molecule has 2 atom stereocenters. The number of aromatic nitrogens is 1. The molecule has 2 aromatic carbocycles. The second kappa shape index (κ2) is 13.2. The summed E-state index contributed by atoms with van der Waals surface area (Å²) in [6.07, 6.45) is 0.753. The van der Waals surface area contributed by atoms with Crippen molar-refractivity contribution in [1.82, 2.24) is 15.8 Å². The van der Waals surface area contributed by atoms with Crippen LogP contribution in [0.15, 0.2) is 65.2 Å². The van der Waals surface area contributed by atoms with Gasteiger partial charge in [0.2, 0.25) is 11.8 Å². The van der Waals surface area contributed by atoms with Crippen molar-refractivity contribution in [3.05, 3.63) is 83.2 Å². The minimum absolute atomic E-state index is 0.0526. The van der Waals surface area contributed by atoms with Crippen LogP contribution < -0.4 is 15.4 Å². The maximum Gasteiger partial charge on any atom is 0.326 e. The summed E-state index contributed by atoms with van der Waals surface area (Å²) in [4.78, 5) is 35.6. The van der Waals surface area contributed by atoms with Crippen LogP contribution in [0.4, 0.5) is 0 Å². The number of hydrogen-bond acceptors (Lipinski definition) is 6. The van der Waals surface area contributed by atoms with Crippen molar-refractivity contribution in [2.75, 3.05) is 0 Å². The van der Waals surface area contributed by atoms with E-state index in [-0.39, 0.29) is 24.7 Å². The maximum atomic E-state index is 12.8. The van der Waals surface area contributed by atoms with Crippen LogP contribution in [0.5, 0.6) is 5.75 Å². The fourth-order valence-corrected chi connectivity index (χ4v) is 3.84. The Morgan fingerprint density at radius 2 is 1.70 bits per heavy atom. The van der Waals surface area contributed by atoms with E-state index in [0.29, 0.717) is 24.5 Å². The number of nitrogens with one attached hydrogen (secondary N) is 2. The van der Waals surface area contributed by atoms with Gasteiger partial charge in [0, 0.05) is 19.4 Å². The second-order valence-electron chi connectivity index (χ2n) is 9.36. The number of carbonyl (C=O) groups excluding carboxylic acids is 2. The number of rotatable bonds is 13. The zero-order valence-electron chi connectivity index (χ0n) is 21.3. The lowest BCUT2D eigenvalue weighted by molar-refractivity contribution is -0.141. The van der Waals surface area contributed by atoms with Crippen LogP contribution in [0, 0.1) is 5.92 Å². The predicted octanol–water partition coefficient (Wildman–Crippen LogP) is 3.83. The molecule has 3 rings (SSSR count). The first-order valence-electron chi connectivity index (χ1n) is 12.2. The van der Waals surface area contributed by atoms with Crippen molar-refractivity contribution >= 4 is 17.8 Å². The van der Waals surface area contributed by atoms with E-state index >= 15 is 0 Å². The Morgan fingerprint density at radius 1 is 1.00 bits per heavy atom. The van der Waals surface area contributed by atoms with Gasteiger partial charge in [-0.15, -0.1) is 0 Å². The molecule has 0 fully saturated rings. The van der Waals surface area contributed by atoms with E-state index < -0.39 is 24.0 Å². The van der Waals surface area contributed by atoms with Crippen LogP contribution >= 0.6 is 0 Å². The monoisotopic (exact) mass is 507 g/mol. The highest BCUT2D eigenvalue weighted by Crippen LogP contribution is 2.22. The van der Waals surface area contributed by atoms with Crippen LogP contribution in [0.1, 0.15) is 55.8 Å². The summed E-state index contributed by atoms with van der Waals surface area (Å²) in [6, 6.07) is 17.4. The van der Waals surface area contributed by atoms with Gasteiger partial charge in [-0.2, -0.15) is 0 Å². The summed E-state index contributed by atoms with van der Waals surface area (Å²) < 4.78 is 11.1. The molecule has 9 nitrogen and oxygen atoms in total. The van der Waals surface area contributed by atoms with Gasteiger partial charge in [0.15, 0.2) is 0 Å². The van der Waals surface area contributed by atoms with Crippen molar-refractivity contribution < 1.29 is 28.8 Å². The van der Waals surface area contributed by atoms with Crippen LogP contribution in [-0.2, 0) is 33.8 Å². The Kier molecular flexibility index (Phi) is 9.83. The summed E-state index contributed by atoms with van der Waals surface area (Å²) in [5.41, 5.74) is 2.42. The molecule has 0 spiro atoms. The van der Waals surface area contributed by atoms with Crippen LogP contribution in [0.2, 0.25) is 0 Å². The van der Waals surface area contributed by atoms with E-state index in [9.17, 15) is 19.5 Å². The first-order chi connectivity index (χ1) is 17.7. The predicted molar refractivity (Wildman–Crippen MR) is 137 cm³/mol. The highest BCUT2D eigenvalue weighted by molar-refractivity contribution is 5.82. The SMILES string of the molecule is CC(=O)NC(Cc1cc(C(CC(C)C)NC(=O)Cc2ccc(OCc3ccccc3)cc2)no1)C(=O)O. The van der Waals surface area contributed by atoms with Crippen molar-refractivity contribution in [1.29, 1.82) is 0 Å². The molecule has 3 aromatic rings. The van der Waals surface area contributed by atoms with Gasteiger partial charge >= 0.3 is 5.97 Å². The first kappa shape index (κ1) is 27.4. The van der Waals surface area contributed by atoms with Gasteiger partial charge < -0.3 is 25.0 Å². The summed E-state index contributed by atoms with van der Waals surface area (Å²) in [5, 5.41) is 18.8. The van der Waals surface area contributed by atoms with Gasteiger partial charge in [0.1, 0.15) is 29.9 Å². The molecule has 1 aromatic heterocycles. The van der Waals surface area contributed by atoms with Crippen LogP contribution in [0.25, 0.3) is 0 Å². The van der Waals surface area contributed by atoms with Gasteiger partial charge in [0.05, 0.1) is 12.5 Å². The Bertz CT molecular complexity index is 1170. The number of benzene rings is 2. The molecule has 0 aliphatic heterocycles. The molecule has 2 amide bonds. The number of hydrogen-bond donors (Lipinski definition) is 3. The lowest BCUT2D eigenvalue weighted by atomic mass is 10.00. The number of aliphatic carboxylic acids is 1. The van der Waals surface area contributed by atoms with Crippen LogP contribution in [0.3, 0.4) is 0 Å². The zero-order chi connectivity index (χ0) is 26.8. The molecule has 9 heteroatoms. The molecule has 3 N–H and O–H groups in total. The number of nitrogens with zero attached hydrogens (tertiary/aromatic N) is 1. The third kappa shape index (κ3) is 9.10. The smallest absolute Gasteiger partial charge is 0.326 e. The minimum Gasteiger partial charge on any atom is -0.489 e. The molecule has 0 aliphatic carbocycles. The normalized spacial score (nSPS) is 12.5. The van der Waals surface area contributed by atoms with Gasteiger partial charge in [-0.05, 0) is 35.6 Å². The summed E-state index contributed by atoms with van der Waals surface area (Å²) in [7, 11) is 0. The fourth-order valence-electron chi connectivity index (χ4n) is 3.84. The van der Waals surface area contributed by atoms with Gasteiger partial charge in [-0.1, -0.05) is 61.5 Å². The summed E-state index contributed by atoms with van der Waals surface area (Å²) in [6.45, 7) is 5.79. The molecule has 1 heterocycles. The van der Waals surface area contributed by atoms with Crippen molar-refractivity contribution in [2.24, 2.45) is 5.92 Å². The van der Waals surface area contributed by atoms with Crippen molar-refractivity contribution in [3.63, 3.8) is 0 Å². The fraction of sp³-hybridized carbons (Fsp3) is 0.357. The Labute approximate surface area is 216 Å². The van der Waals surface area contributed by atoms with Gasteiger partial charge in [-0.3, -0.25) is 9.59 Å². The standard InChI is InChI=1S/C28H33N3O6/c1-18(2)13-24(25-15-23(37-31-25)16-26(28(34)35)29-19(3)32)30-27(33)14-20-9-11-22(12-10-20)36-17-21-7-5-4-6-8-21/h4-12,15,18,24,26H,13-14,16-17H2,1-3H3,(H,29,32)(H,30,33)(H,34,35). The van der Waals surface area contributed by atoms with E-state index in [1.165, 1.54) is 6.92 Å². The summed E-state index contributed by atoms with van der Waals surface area (Å²) >= 11 is 0. The molecule has 196 valence electrons. The average Bonchev–Trinajstić information content (AvgIpc) is 3.31. The topological polar surface area (TPSA) is 131 Å². The first-order valence-corrected chi connectivity index (χ1v) is 12.2. The van der Waals surface area contributed by atoms with Gasteiger partial charge in [0.25, 0.3) is 0 Å². The third-order valence-corrected chi connectivity index (χ3v) is 5.59. The molecular weight excluding hydrogens is 474 g/mol. The highest BCUT2D eigenvalue weighted by Gasteiger charge is 2.24. The molecular formula is C28H33N3O6. The van der Waals surface area contributed by atoms with E-state index in [1.807, 2.05) is 68.4 Å². The molecule has 2 unspecified atom stereocenters. The number of carbonyl (C=O) groups is 3. The zero-order valence-corrected chi connectivity index (χ0v) is 21.3. The van der Waals surface area contributed by atoms with E-state index in [4.69, 9.17) is 9.26 Å². The Balaban J connectivity index is 1.59. The largest absolute Gasteiger partial charge is 0.489 e. The number of carboxylic acid groups (broad SMARTS) is 1. The number of amides is 2. The molecule has 0 saturated heterocycles. The molecule has 0 aliphatic rings. The molecule has 0 radical (unpaired) electrons. The maximum absolute atomic E-state index is 12.8. The highest BCUT2D eigenvalue weighted by atomic mass is 16.5. The third-order valence-electron chi connectivity index (χ3n) is 5.59. The Morgan fingerprint density at radius 3 is 2.32 bits per heavy atom. The number of carboxylic acids is 1. The lowest BCUT2D eigenvalue weighted by Crippen LogP contribution is -2.41. The Hall–Kier alpha value is -4.14. The number of ether oxygens (including phenoxy) is 1. The van der Waals surface area contributed by atoms with E-state index in [2.05, 4.69) is 15.8 Å². The second-order valence-corrected chi connectivity index (χ2v) is 9.36. The average molecular weight is 508 g/mol. The summed E-state index contributed by atoms with van der Waals surface area (Å²) in [5.74, 6) is -0.498. The van der Waals surface area contributed by atoms with Crippen molar-refractivity contribution in [2.45, 2.75) is 58.7 Å². The van der Waals surface area contributed by atoms with E-state index in [1.54, 1.807) is 6.07 Å². The van der Waals surface area contributed by atoms with Crippen molar-refractivity contribution in [3.8, 4) is 5.75 Å². The molecule has 0 bridgehead atoms. The lowest BCUT2D eigenvalue weighted by Gasteiger charge is -2.18. The van der Waals surface area contributed by atoms with E-state index in [0.717, 1.165) is 16.9 Å². The molecule has 0 saturated carbocycles. The van der Waals surface area contributed by atoms with Gasteiger partial charge in [-0.25, -0.2) is 4.79 Å². The quantitative estimate of drug-likeness (QED) is 0.320. The van der Waals surface area contributed by atoms with Crippen LogP contribution in [-0.4, -0.2) is 34.1 Å². The molecule has 37 heavy (non-hydrogen) atoms. The minimum atomic E-state index is -1.17.